The van der Waals surface area contributed by atoms with E-state index < -0.39 is 0 Å². The second-order valence-corrected chi connectivity index (χ2v) is 6.14. The van der Waals surface area contributed by atoms with E-state index in [1.807, 2.05) is 76.5 Å². The highest BCUT2D eigenvalue weighted by molar-refractivity contribution is 5.94. The molecule has 1 unspecified atom stereocenters. The third-order valence-electron chi connectivity index (χ3n) is 4.59. The first-order valence-electron chi connectivity index (χ1n) is 8.50. The molecule has 2 heterocycles. The summed E-state index contributed by atoms with van der Waals surface area (Å²) in [5, 5.41) is 0. The number of aromatic nitrogens is 1. The predicted molar refractivity (Wildman–Crippen MR) is 96.8 cm³/mol. The summed E-state index contributed by atoms with van der Waals surface area (Å²) in [5.74, 6) is 0.0520. The van der Waals surface area contributed by atoms with Gasteiger partial charge in [-0.3, -0.25) is 4.79 Å². The molecule has 1 saturated heterocycles. The molecule has 1 amide bonds. The topological polar surface area (TPSA) is 34.5 Å². The number of nitrogens with zero attached hydrogens (tertiary/aromatic N) is 2. The van der Waals surface area contributed by atoms with E-state index in [0.717, 1.165) is 11.3 Å². The highest BCUT2D eigenvalue weighted by atomic mass is 16.5. The van der Waals surface area contributed by atoms with E-state index in [9.17, 15) is 4.79 Å². The third kappa shape index (κ3) is 3.21. The van der Waals surface area contributed by atoms with Gasteiger partial charge in [0.15, 0.2) is 0 Å². The van der Waals surface area contributed by atoms with Crippen LogP contribution in [0.1, 0.15) is 22.0 Å². The number of ether oxygens (including phenoxy) is 1. The van der Waals surface area contributed by atoms with Crippen LogP contribution < -0.4 is 0 Å². The van der Waals surface area contributed by atoms with Crippen molar-refractivity contribution >= 4 is 5.91 Å². The van der Waals surface area contributed by atoms with Crippen LogP contribution in [0.5, 0.6) is 0 Å². The SMILES string of the molecule is O=C(c1ccc(-n2cccc2)cc1)N1CCOCC1c1ccccc1. The number of morpholine rings is 1. The summed E-state index contributed by atoms with van der Waals surface area (Å²) >= 11 is 0. The first-order chi connectivity index (χ1) is 12.3. The minimum atomic E-state index is -0.0356. The van der Waals surface area contributed by atoms with E-state index in [4.69, 9.17) is 4.74 Å². The lowest BCUT2D eigenvalue weighted by Gasteiger charge is -2.36. The summed E-state index contributed by atoms with van der Waals surface area (Å²) in [4.78, 5) is 15.0. The molecular formula is C21H20N2O2. The van der Waals surface area contributed by atoms with Crippen molar-refractivity contribution in [1.82, 2.24) is 9.47 Å². The zero-order chi connectivity index (χ0) is 17.1. The van der Waals surface area contributed by atoms with E-state index >= 15 is 0 Å². The van der Waals surface area contributed by atoms with Gasteiger partial charge in [-0.25, -0.2) is 0 Å². The molecule has 0 N–H and O–H groups in total. The number of rotatable bonds is 3. The maximum atomic E-state index is 13.0. The largest absolute Gasteiger partial charge is 0.377 e. The van der Waals surface area contributed by atoms with Crippen LogP contribution in [0.4, 0.5) is 0 Å². The molecule has 0 saturated carbocycles. The Hall–Kier alpha value is -2.85. The van der Waals surface area contributed by atoms with E-state index in [1.165, 1.54) is 0 Å². The van der Waals surface area contributed by atoms with Gasteiger partial charge in [-0.1, -0.05) is 30.3 Å². The zero-order valence-electron chi connectivity index (χ0n) is 13.9. The van der Waals surface area contributed by atoms with Crippen molar-refractivity contribution in [2.75, 3.05) is 19.8 Å². The molecule has 2 aromatic carbocycles. The Morgan fingerprint density at radius 3 is 2.36 bits per heavy atom. The first-order valence-corrected chi connectivity index (χ1v) is 8.50. The van der Waals surface area contributed by atoms with Crippen molar-refractivity contribution in [3.63, 3.8) is 0 Å². The summed E-state index contributed by atoms with van der Waals surface area (Å²) in [6.07, 6.45) is 3.98. The normalized spacial score (nSPS) is 17.4. The molecule has 4 rings (SSSR count). The Kier molecular flexibility index (Phi) is 4.36. The number of carbonyl (C=O) groups excluding carboxylic acids is 1. The lowest BCUT2D eigenvalue weighted by Crippen LogP contribution is -2.43. The molecule has 0 radical (unpaired) electrons. The van der Waals surface area contributed by atoms with Gasteiger partial charge in [0.05, 0.1) is 19.3 Å². The maximum Gasteiger partial charge on any atom is 0.254 e. The third-order valence-corrected chi connectivity index (χ3v) is 4.59. The van der Waals surface area contributed by atoms with Gasteiger partial charge >= 0.3 is 0 Å². The van der Waals surface area contributed by atoms with Crippen molar-refractivity contribution in [1.29, 1.82) is 0 Å². The van der Waals surface area contributed by atoms with E-state index in [0.29, 0.717) is 25.3 Å². The van der Waals surface area contributed by atoms with Crippen molar-refractivity contribution in [3.05, 3.63) is 90.3 Å². The lowest BCUT2D eigenvalue weighted by atomic mass is 10.0. The predicted octanol–water partition coefficient (Wildman–Crippen LogP) is 3.69. The van der Waals surface area contributed by atoms with Crippen LogP contribution in [0, 0.1) is 0 Å². The van der Waals surface area contributed by atoms with Crippen LogP contribution in [-0.2, 0) is 4.74 Å². The fourth-order valence-electron chi connectivity index (χ4n) is 3.25. The smallest absolute Gasteiger partial charge is 0.254 e. The second-order valence-electron chi connectivity index (χ2n) is 6.14. The van der Waals surface area contributed by atoms with Gasteiger partial charge in [-0.2, -0.15) is 0 Å². The van der Waals surface area contributed by atoms with Crippen molar-refractivity contribution in [3.8, 4) is 5.69 Å². The minimum Gasteiger partial charge on any atom is -0.377 e. The molecule has 4 heteroatoms. The summed E-state index contributed by atoms with van der Waals surface area (Å²) in [7, 11) is 0. The number of carbonyl (C=O) groups is 1. The number of amides is 1. The van der Waals surface area contributed by atoms with E-state index in [2.05, 4.69) is 12.1 Å². The van der Waals surface area contributed by atoms with Crippen molar-refractivity contribution in [2.45, 2.75) is 6.04 Å². The lowest BCUT2D eigenvalue weighted by molar-refractivity contribution is -0.00269. The number of hydrogen-bond donors (Lipinski definition) is 0. The fraction of sp³-hybridized carbons (Fsp3) is 0.190. The molecule has 1 aliphatic heterocycles. The molecule has 1 fully saturated rings. The van der Waals surface area contributed by atoms with Crippen molar-refractivity contribution in [2.24, 2.45) is 0 Å². The Morgan fingerprint density at radius 1 is 0.920 bits per heavy atom. The van der Waals surface area contributed by atoms with Gasteiger partial charge in [0.1, 0.15) is 0 Å². The number of benzene rings is 2. The molecular weight excluding hydrogens is 312 g/mol. The Balaban J connectivity index is 1.58. The zero-order valence-corrected chi connectivity index (χ0v) is 13.9. The minimum absolute atomic E-state index is 0.0356. The molecule has 0 spiro atoms. The first kappa shape index (κ1) is 15.7. The fourth-order valence-corrected chi connectivity index (χ4v) is 3.25. The molecule has 0 aliphatic carbocycles. The maximum absolute atomic E-state index is 13.0. The number of hydrogen-bond acceptors (Lipinski definition) is 2. The van der Waals surface area contributed by atoms with Crippen LogP contribution in [0.15, 0.2) is 79.1 Å². The molecule has 1 atom stereocenters. The van der Waals surface area contributed by atoms with Gasteiger partial charge in [0, 0.05) is 30.2 Å². The van der Waals surface area contributed by atoms with Crippen LogP contribution in [0.2, 0.25) is 0 Å². The quantitative estimate of drug-likeness (QED) is 0.733. The summed E-state index contributed by atoms with van der Waals surface area (Å²) in [6.45, 7) is 1.73. The average molecular weight is 332 g/mol. The molecule has 126 valence electrons. The standard InChI is InChI=1S/C21H20N2O2/c24-21(18-8-10-19(11-9-18)22-12-4-5-13-22)23-14-15-25-16-20(23)17-6-2-1-3-7-17/h1-13,20H,14-16H2. The van der Waals surface area contributed by atoms with Crippen molar-refractivity contribution < 1.29 is 9.53 Å². The van der Waals surface area contributed by atoms with Gasteiger partial charge in [0.2, 0.25) is 0 Å². The van der Waals surface area contributed by atoms with Gasteiger partial charge in [-0.05, 0) is 42.0 Å². The summed E-state index contributed by atoms with van der Waals surface area (Å²) in [5.41, 5.74) is 2.86. The van der Waals surface area contributed by atoms with Gasteiger partial charge in [0.25, 0.3) is 5.91 Å². The Morgan fingerprint density at radius 2 is 1.64 bits per heavy atom. The van der Waals surface area contributed by atoms with Crippen LogP contribution in [0.3, 0.4) is 0 Å². The van der Waals surface area contributed by atoms with Crippen LogP contribution >= 0.6 is 0 Å². The van der Waals surface area contributed by atoms with Crippen LogP contribution in [0.25, 0.3) is 5.69 Å². The summed E-state index contributed by atoms with van der Waals surface area (Å²) < 4.78 is 7.65. The Labute approximate surface area is 147 Å². The molecule has 3 aromatic rings. The highest BCUT2D eigenvalue weighted by Gasteiger charge is 2.29. The molecule has 25 heavy (non-hydrogen) atoms. The molecule has 4 nitrogen and oxygen atoms in total. The second kappa shape index (κ2) is 6.95. The van der Waals surface area contributed by atoms with Gasteiger partial charge in [-0.15, -0.1) is 0 Å². The van der Waals surface area contributed by atoms with Crippen LogP contribution in [-0.4, -0.2) is 35.1 Å². The average Bonchev–Trinajstić information content (AvgIpc) is 3.23. The molecule has 1 aliphatic rings. The summed E-state index contributed by atoms with van der Waals surface area (Å²) in [6, 6.07) is 21.8. The highest BCUT2D eigenvalue weighted by Crippen LogP contribution is 2.26. The molecule has 0 bridgehead atoms. The van der Waals surface area contributed by atoms with E-state index in [-0.39, 0.29) is 11.9 Å². The molecule has 1 aromatic heterocycles. The monoisotopic (exact) mass is 332 g/mol. The van der Waals surface area contributed by atoms with Gasteiger partial charge < -0.3 is 14.2 Å². The van der Waals surface area contributed by atoms with E-state index in [1.54, 1.807) is 0 Å². The Bertz CT molecular complexity index is 826.